The first-order chi connectivity index (χ1) is 9.11. The van der Waals surface area contributed by atoms with Crippen molar-refractivity contribution < 1.29 is 9.13 Å². The van der Waals surface area contributed by atoms with Crippen LogP contribution in [-0.2, 0) is 6.42 Å². The Morgan fingerprint density at radius 2 is 1.95 bits per heavy atom. The van der Waals surface area contributed by atoms with Crippen LogP contribution in [0.15, 0.2) is 42.5 Å². The highest BCUT2D eigenvalue weighted by Gasteiger charge is 2.12. The Balaban J connectivity index is 2.23. The molecule has 2 aromatic carbocycles. The molecule has 0 fully saturated rings. The van der Waals surface area contributed by atoms with Gasteiger partial charge in [0.1, 0.15) is 11.6 Å². The molecular weight excluding hydrogens is 241 g/mol. The van der Waals surface area contributed by atoms with Crippen LogP contribution < -0.4 is 10.5 Å². The maximum absolute atomic E-state index is 13.1. The second-order valence-corrected chi connectivity index (χ2v) is 4.62. The molecule has 2 aromatic rings. The van der Waals surface area contributed by atoms with Gasteiger partial charge in [-0.2, -0.15) is 0 Å². The Labute approximate surface area is 113 Å². The van der Waals surface area contributed by atoms with Crippen LogP contribution >= 0.6 is 0 Å². The average Bonchev–Trinajstić information content (AvgIpc) is 2.39. The summed E-state index contributed by atoms with van der Waals surface area (Å²) in [4.78, 5) is 0. The van der Waals surface area contributed by atoms with Crippen molar-refractivity contribution in [3.8, 4) is 5.75 Å². The predicted molar refractivity (Wildman–Crippen MR) is 74.8 cm³/mol. The second-order valence-electron chi connectivity index (χ2n) is 4.62. The molecule has 2 rings (SSSR count). The number of hydrogen-bond acceptors (Lipinski definition) is 2. The van der Waals surface area contributed by atoms with Gasteiger partial charge in [0, 0.05) is 6.04 Å². The smallest absolute Gasteiger partial charge is 0.123 e. The summed E-state index contributed by atoms with van der Waals surface area (Å²) in [5.74, 6) is 0.600. The van der Waals surface area contributed by atoms with Crippen LogP contribution in [0.4, 0.5) is 4.39 Å². The monoisotopic (exact) mass is 259 g/mol. The Morgan fingerprint density at radius 3 is 2.63 bits per heavy atom. The summed E-state index contributed by atoms with van der Waals surface area (Å²) in [6.45, 7) is 1.88. The Morgan fingerprint density at radius 1 is 1.21 bits per heavy atom. The number of ether oxygens (including phenoxy) is 1. The van der Waals surface area contributed by atoms with Gasteiger partial charge in [0.2, 0.25) is 0 Å². The summed E-state index contributed by atoms with van der Waals surface area (Å²) in [6.07, 6.45) is 0.663. The third-order valence-electron chi connectivity index (χ3n) is 3.26. The quantitative estimate of drug-likeness (QED) is 0.913. The van der Waals surface area contributed by atoms with E-state index < -0.39 is 0 Å². The number of para-hydroxylation sites is 1. The zero-order valence-electron chi connectivity index (χ0n) is 11.2. The van der Waals surface area contributed by atoms with E-state index in [0.717, 1.165) is 22.4 Å². The van der Waals surface area contributed by atoms with Gasteiger partial charge in [0.05, 0.1) is 7.11 Å². The lowest BCUT2D eigenvalue weighted by Crippen LogP contribution is -2.15. The van der Waals surface area contributed by atoms with Crippen LogP contribution in [0.2, 0.25) is 0 Å². The number of halogens is 1. The lowest BCUT2D eigenvalue weighted by Gasteiger charge is -2.16. The van der Waals surface area contributed by atoms with E-state index in [4.69, 9.17) is 10.5 Å². The van der Waals surface area contributed by atoms with Crippen LogP contribution in [0.25, 0.3) is 0 Å². The molecule has 100 valence electrons. The summed E-state index contributed by atoms with van der Waals surface area (Å²) >= 11 is 0. The largest absolute Gasteiger partial charge is 0.496 e. The minimum atomic E-state index is -0.231. The van der Waals surface area contributed by atoms with Crippen LogP contribution in [0.3, 0.4) is 0 Å². The number of aryl methyl sites for hydroxylation is 1. The third-order valence-corrected chi connectivity index (χ3v) is 3.26. The highest BCUT2D eigenvalue weighted by Crippen LogP contribution is 2.25. The molecule has 0 heterocycles. The number of benzene rings is 2. The zero-order valence-corrected chi connectivity index (χ0v) is 11.2. The van der Waals surface area contributed by atoms with Crippen molar-refractivity contribution in [2.45, 2.75) is 19.4 Å². The van der Waals surface area contributed by atoms with Crippen molar-refractivity contribution in [1.29, 1.82) is 0 Å². The summed E-state index contributed by atoms with van der Waals surface area (Å²) < 4.78 is 18.4. The van der Waals surface area contributed by atoms with Gasteiger partial charge < -0.3 is 10.5 Å². The maximum Gasteiger partial charge on any atom is 0.123 e. The highest BCUT2D eigenvalue weighted by molar-refractivity contribution is 5.36. The van der Waals surface area contributed by atoms with Crippen LogP contribution in [0.1, 0.15) is 22.7 Å². The highest BCUT2D eigenvalue weighted by atomic mass is 19.1. The maximum atomic E-state index is 13.1. The molecule has 3 heteroatoms. The lowest BCUT2D eigenvalue weighted by molar-refractivity contribution is 0.408. The summed E-state index contributed by atoms with van der Waals surface area (Å²) in [5, 5.41) is 0. The molecular formula is C16H18FNO. The molecule has 0 saturated heterocycles. The minimum Gasteiger partial charge on any atom is -0.496 e. The van der Waals surface area contributed by atoms with Gasteiger partial charge in [-0.05, 0) is 48.2 Å². The van der Waals surface area contributed by atoms with Crippen molar-refractivity contribution >= 4 is 0 Å². The molecule has 19 heavy (non-hydrogen) atoms. The second kappa shape index (κ2) is 5.85. The Kier molecular flexibility index (Phi) is 4.17. The number of methoxy groups -OCH3 is 1. The molecule has 0 aliphatic rings. The van der Waals surface area contributed by atoms with E-state index in [1.54, 1.807) is 13.2 Å². The van der Waals surface area contributed by atoms with Crippen LogP contribution in [-0.4, -0.2) is 7.11 Å². The van der Waals surface area contributed by atoms with Crippen molar-refractivity contribution in [3.63, 3.8) is 0 Å². The fourth-order valence-electron chi connectivity index (χ4n) is 2.27. The number of rotatable bonds is 4. The van der Waals surface area contributed by atoms with Crippen LogP contribution in [0.5, 0.6) is 5.75 Å². The van der Waals surface area contributed by atoms with E-state index in [0.29, 0.717) is 6.42 Å². The molecule has 1 atom stereocenters. The van der Waals surface area contributed by atoms with Crippen molar-refractivity contribution in [2.75, 3.05) is 7.11 Å². The first-order valence-electron chi connectivity index (χ1n) is 6.25. The van der Waals surface area contributed by atoms with Gasteiger partial charge in [-0.15, -0.1) is 0 Å². The normalized spacial score (nSPS) is 12.2. The molecule has 0 aliphatic heterocycles. The minimum absolute atomic E-state index is 0.170. The Hall–Kier alpha value is -1.87. The van der Waals surface area contributed by atoms with Gasteiger partial charge >= 0.3 is 0 Å². The first kappa shape index (κ1) is 13.6. The van der Waals surface area contributed by atoms with Gasteiger partial charge in [-0.3, -0.25) is 0 Å². The number of nitrogens with two attached hydrogens (primary N) is 1. The summed E-state index contributed by atoms with van der Waals surface area (Å²) in [7, 11) is 1.65. The molecule has 1 unspecified atom stereocenters. The standard InChI is InChI=1S/C16H18FNO/c1-11-9-13(17)7-8-14(11)15(18)10-12-5-3-4-6-16(12)19-2/h3-9,15H,10,18H2,1-2H3. The lowest BCUT2D eigenvalue weighted by atomic mass is 9.95. The number of hydrogen-bond donors (Lipinski definition) is 1. The average molecular weight is 259 g/mol. The van der Waals surface area contributed by atoms with Gasteiger partial charge in [-0.25, -0.2) is 4.39 Å². The fraction of sp³-hybridized carbons (Fsp3) is 0.250. The zero-order chi connectivity index (χ0) is 13.8. The fourth-order valence-corrected chi connectivity index (χ4v) is 2.27. The van der Waals surface area contributed by atoms with E-state index in [1.807, 2.05) is 31.2 Å². The van der Waals surface area contributed by atoms with E-state index in [-0.39, 0.29) is 11.9 Å². The third kappa shape index (κ3) is 3.12. The van der Waals surface area contributed by atoms with E-state index in [9.17, 15) is 4.39 Å². The van der Waals surface area contributed by atoms with E-state index >= 15 is 0 Å². The van der Waals surface area contributed by atoms with Crippen molar-refractivity contribution in [1.82, 2.24) is 0 Å². The molecule has 0 radical (unpaired) electrons. The van der Waals surface area contributed by atoms with E-state index in [1.165, 1.54) is 12.1 Å². The van der Waals surface area contributed by atoms with Gasteiger partial charge in [-0.1, -0.05) is 24.3 Å². The topological polar surface area (TPSA) is 35.2 Å². The first-order valence-corrected chi connectivity index (χ1v) is 6.25. The SMILES string of the molecule is COc1ccccc1CC(N)c1ccc(F)cc1C. The molecule has 2 N–H and O–H groups in total. The molecule has 0 saturated carbocycles. The summed E-state index contributed by atoms with van der Waals surface area (Å²) in [5.41, 5.74) is 9.12. The van der Waals surface area contributed by atoms with E-state index in [2.05, 4.69) is 0 Å². The molecule has 2 nitrogen and oxygen atoms in total. The van der Waals surface area contributed by atoms with Gasteiger partial charge in [0.15, 0.2) is 0 Å². The Bertz CT molecular complexity index is 568. The predicted octanol–water partition coefficient (Wildman–Crippen LogP) is 3.39. The van der Waals surface area contributed by atoms with Crippen LogP contribution in [0, 0.1) is 12.7 Å². The molecule has 0 spiro atoms. The molecule has 0 amide bonds. The molecule has 0 aromatic heterocycles. The van der Waals surface area contributed by atoms with Crippen molar-refractivity contribution in [3.05, 3.63) is 65.0 Å². The summed E-state index contributed by atoms with van der Waals surface area (Å²) in [6, 6.07) is 12.3. The van der Waals surface area contributed by atoms with Gasteiger partial charge in [0.25, 0.3) is 0 Å². The molecule has 0 aliphatic carbocycles. The van der Waals surface area contributed by atoms with Crippen molar-refractivity contribution in [2.24, 2.45) is 5.73 Å². The molecule has 0 bridgehead atoms.